The van der Waals surface area contributed by atoms with E-state index in [1.165, 1.54) is 11.1 Å². The Kier molecular flexibility index (Phi) is 7.16. The van der Waals surface area contributed by atoms with Gasteiger partial charge in [0.1, 0.15) is 0 Å². The van der Waals surface area contributed by atoms with Gasteiger partial charge in [0, 0.05) is 25.4 Å². The van der Waals surface area contributed by atoms with E-state index in [1.807, 2.05) is 18.3 Å². The molecule has 0 atom stereocenters. The van der Waals surface area contributed by atoms with Crippen molar-refractivity contribution < 1.29 is 4.79 Å². The Bertz CT molecular complexity index is 490. The normalized spacial score (nSPS) is 10.4. The number of carbonyl (C=O) groups is 1. The van der Waals surface area contributed by atoms with Crippen molar-refractivity contribution in [2.75, 3.05) is 6.54 Å². The van der Waals surface area contributed by atoms with E-state index in [4.69, 9.17) is 0 Å². The fourth-order valence-electron chi connectivity index (χ4n) is 2.41. The Morgan fingerprint density at radius 2 is 1.68 bits per heavy atom. The predicted octanol–water partition coefficient (Wildman–Crippen LogP) is 3.54. The van der Waals surface area contributed by atoms with Crippen LogP contribution < -0.4 is 5.32 Å². The molecule has 0 aliphatic heterocycles. The minimum Gasteiger partial charge on any atom is -0.356 e. The summed E-state index contributed by atoms with van der Waals surface area (Å²) in [6.07, 6.45) is 9.26. The second-order valence-corrected chi connectivity index (χ2v) is 5.51. The van der Waals surface area contributed by atoms with E-state index >= 15 is 0 Å². The smallest absolute Gasteiger partial charge is 0.219 e. The number of pyridine rings is 1. The number of nitrogens with zero attached hydrogens (tertiary/aromatic N) is 1. The van der Waals surface area contributed by atoms with Crippen LogP contribution in [0.1, 0.15) is 36.8 Å². The minimum absolute atomic E-state index is 0.166. The van der Waals surface area contributed by atoms with E-state index in [2.05, 4.69) is 40.6 Å². The maximum atomic E-state index is 11.7. The molecule has 2 aromatic rings. The van der Waals surface area contributed by atoms with Crippen LogP contribution in [0, 0.1) is 0 Å². The lowest BCUT2D eigenvalue weighted by Gasteiger charge is -2.05. The number of rotatable bonds is 9. The van der Waals surface area contributed by atoms with Crippen molar-refractivity contribution in [3.8, 4) is 0 Å². The molecule has 0 bridgehead atoms. The van der Waals surface area contributed by atoms with E-state index in [0.717, 1.165) is 38.6 Å². The molecule has 0 saturated carbocycles. The van der Waals surface area contributed by atoms with Gasteiger partial charge in [-0.05, 0) is 49.3 Å². The van der Waals surface area contributed by atoms with Crippen LogP contribution in [0.4, 0.5) is 0 Å². The van der Waals surface area contributed by atoms with Crippen LogP contribution in [0.3, 0.4) is 0 Å². The van der Waals surface area contributed by atoms with Gasteiger partial charge in [0.25, 0.3) is 0 Å². The molecule has 0 unspecified atom stereocenters. The molecule has 0 fully saturated rings. The third kappa shape index (κ3) is 6.53. The van der Waals surface area contributed by atoms with Crippen LogP contribution in [0.15, 0.2) is 54.9 Å². The first-order valence-corrected chi connectivity index (χ1v) is 8.04. The van der Waals surface area contributed by atoms with Gasteiger partial charge in [-0.25, -0.2) is 0 Å². The summed E-state index contributed by atoms with van der Waals surface area (Å²) in [6, 6.07) is 14.4. The first kappa shape index (κ1) is 16.2. The third-order valence-corrected chi connectivity index (χ3v) is 3.65. The topological polar surface area (TPSA) is 42.0 Å². The number of hydrogen-bond donors (Lipinski definition) is 1. The van der Waals surface area contributed by atoms with Gasteiger partial charge in [-0.15, -0.1) is 0 Å². The number of aromatic nitrogens is 1. The monoisotopic (exact) mass is 296 g/mol. The molecule has 1 heterocycles. The highest BCUT2D eigenvalue weighted by molar-refractivity contribution is 5.75. The van der Waals surface area contributed by atoms with Gasteiger partial charge in [0.05, 0.1) is 0 Å². The van der Waals surface area contributed by atoms with Gasteiger partial charge < -0.3 is 5.32 Å². The summed E-state index contributed by atoms with van der Waals surface area (Å²) in [4.78, 5) is 15.8. The summed E-state index contributed by atoms with van der Waals surface area (Å²) in [5.74, 6) is 0.166. The lowest BCUT2D eigenvalue weighted by Crippen LogP contribution is -2.24. The molecule has 1 amide bonds. The zero-order chi connectivity index (χ0) is 15.5. The Hall–Kier alpha value is -2.16. The molecule has 22 heavy (non-hydrogen) atoms. The average Bonchev–Trinajstić information content (AvgIpc) is 2.57. The predicted molar refractivity (Wildman–Crippen MR) is 89.6 cm³/mol. The molecule has 0 aliphatic rings. The average molecular weight is 296 g/mol. The number of amides is 1. The number of hydrogen-bond acceptors (Lipinski definition) is 2. The summed E-state index contributed by atoms with van der Waals surface area (Å²) in [7, 11) is 0. The standard InChI is InChI=1S/C19H24N2O/c22-19(13-5-4-10-17-8-2-1-3-9-17)21-15-7-12-18-11-6-14-20-16-18/h1-3,6,8-9,11,14,16H,4-5,7,10,12-13,15H2,(H,21,22). The summed E-state index contributed by atoms with van der Waals surface area (Å²) < 4.78 is 0. The van der Waals surface area contributed by atoms with Crippen molar-refractivity contribution in [2.24, 2.45) is 0 Å². The molecule has 1 aromatic carbocycles. The summed E-state index contributed by atoms with van der Waals surface area (Å²) in [6.45, 7) is 0.742. The highest BCUT2D eigenvalue weighted by atomic mass is 16.1. The molecule has 0 spiro atoms. The Morgan fingerprint density at radius 3 is 2.45 bits per heavy atom. The molecule has 3 heteroatoms. The Labute approximate surface area is 132 Å². The van der Waals surface area contributed by atoms with E-state index < -0.39 is 0 Å². The van der Waals surface area contributed by atoms with Gasteiger partial charge in [0.15, 0.2) is 0 Å². The number of nitrogens with one attached hydrogen (secondary N) is 1. The van der Waals surface area contributed by atoms with Crippen LogP contribution in [-0.2, 0) is 17.6 Å². The van der Waals surface area contributed by atoms with Crippen LogP contribution >= 0.6 is 0 Å². The molecule has 0 saturated heterocycles. The summed E-state index contributed by atoms with van der Waals surface area (Å²) >= 11 is 0. The zero-order valence-electron chi connectivity index (χ0n) is 13.0. The summed E-state index contributed by atoms with van der Waals surface area (Å²) in [5.41, 5.74) is 2.57. The van der Waals surface area contributed by atoms with E-state index in [0.29, 0.717) is 6.42 Å². The van der Waals surface area contributed by atoms with E-state index in [1.54, 1.807) is 6.20 Å². The fourth-order valence-corrected chi connectivity index (χ4v) is 2.41. The third-order valence-electron chi connectivity index (χ3n) is 3.65. The van der Waals surface area contributed by atoms with E-state index in [9.17, 15) is 4.79 Å². The minimum atomic E-state index is 0.166. The van der Waals surface area contributed by atoms with Gasteiger partial charge in [0.2, 0.25) is 5.91 Å². The van der Waals surface area contributed by atoms with Crippen molar-refractivity contribution in [1.29, 1.82) is 0 Å². The molecule has 2 rings (SSSR count). The Balaban J connectivity index is 1.49. The first-order chi connectivity index (χ1) is 10.8. The Morgan fingerprint density at radius 1 is 0.909 bits per heavy atom. The van der Waals surface area contributed by atoms with Crippen molar-refractivity contribution in [3.05, 3.63) is 66.0 Å². The van der Waals surface area contributed by atoms with Crippen molar-refractivity contribution in [2.45, 2.75) is 38.5 Å². The van der Waals surface area contributed by atoms with Crippen molar-refractivity contribution in [1.82, 2.24) is 10.3 Å². The van der Waals surface area contributed by atoms with Crippen LogP contribution in [-0.4, -0.2) is 17.4 Å². The maximum absolute atomic E-state index is 11.7. The quantitative estimate of drug-likeness (QED) is 0.719. The summed E-state index contributed by atoms with van der Waals surface area (Å²) in [5, 5.41) is 2.99. The molecule has 3 nitrogen and oxygen atoms in total. The van der Waals surface area contributed by atoms with Gasteiger partial charge in [-0.1, -0.05) is 36.4 Å². The lowest BCUT2D eigenvalue weighted by molar-refractivity contribution is -0.121. The largest absolute Gasteiger partial charge is 0.356 e. The van der Waals surface area contributed by atoms with Gasteiger partial charge >= 0.3 is 0 Å². The number of unbranched alkanes of at least 4 members (excludes halogenated alkanes) is 1. The first-order valence-electron chi connectivity index (χ1n) is 8.04. The van der Waals surface area contributed by atoms with Gasteiger partial charge in [-0.3, -0.25) is 9.78 Å². The molecule has 0 aliphatic carbocycles. The molecule has 1 N–H and O–H groups in total. The van der Waals surface area contributed by atoms with Crippen LogP contribution in [0.2, 0.25) is 0 Å². The van der Waals surface area contributed by atoms with Gasteiger partial charge in [-0.2, -0.15) is 0 Å². The number of aryl methyl sites for hydroxylation is 2. The molecule has 1 aromatic heterocycles. The highest BCUT2D eigenvalue weighted by Gasteiger charge is 2.01. The number of carbonyl (C=O) groups excluding carboxylic acids is 1. The number of benzene rings is 1. The second kappa shape index (κ2) is 9.72. The SMILES string of the molecule is O=C(CCCCc1ccccc1)NCCCc1cccnc1. The molecule has 0 radical (unpaired) electrons. The van der Waals surface area contributed by atoms with Crippen LogP contribution in [0.5, 0.6) is 0 Å². The van der Waals surface area contributed by atoms with E-state index in [-0.39, 0.29) is 5.91 Å². The zero-order valence-corrected chi connectivity index (χ0v) is 13.0. The molecular weight excluding hydrogens is 272 g/mol. The molecular formula is C19H24N2O. The second-order valence-electron chi connectivity index (χ2n) is 5.51. The van der Waals surface area contributed by atoms with Crippen LogP contribution in [0.25, 0.3) is 0 Å². The fraction of sp³-hybridized carbons (Fsp3) is 0.368. The van der Waals surface area contributed by atoms with Crippen molar-refractivity contribution >= 4 is 5.91 Å². The maximum Gasteiger partial charge on any atom is 0.219 e. The lowest BCUT2D eigenvalue weighted by atomic mass is 10.1. The highest BCUT2D eigenvalue weighted by Crippen LogP contribution is 2.06. The van der Waals surface area contributed by atoms with Crippen molar-refractivity contribution in [3.63, 3.8) is 0 Å². The molecule has 116 valence electrons.